The van der Waals surface area contributed by atoms with Crippen LogP contribution in [0.2, 0.25) is 0 Å². The fraction of sp³-hybridized carbons (Fsp3) is 0.350. The van der Waals surface area contributed by atoms with Crippen LogP contribution in [0.25, 0.3) is 0 Å². The summed E-state index contributed by atoms with van der Waals surface area (Å²) >= 11 is 0. The molecule has 0 aromatic heterocycles. The molecule has 1 amide bonds. The van der Waals surface area contributed by atoms with Gasteiger partial charge in [0.05, 0.1) is 17.6 Å². The van der Waals surface area contributed by atoms with E-state index in [-0.39, 0.29) is 17.4 Å². The third kappa shape index (κ3) is 4.33. The summed E-state index contributed by atoms with van der Waals surface area (Å²) in [5.74, 6) is 0.608. The smallest absolute Gasteiger partial charge is 0.219 e. The van der Waals surface area contributed by atoms with Gasteiger partial charge in [0.25, 0.3) is 0 Å². The van der Waals surface area contributed by atoms with Gasteiger partial charge in [-0.25, -0.2) is 4.99 Å². The summed E-state index contributed by atoms with van der Waals surface area (Å²) in [7, 11) is 0. The molecular weight excluding hydrogens is 354 g/mol. The maximum atomic E-state index is 11.5. The number of carbonyl (C=O) groups excluding carboxylic acids is 1. The standard InChI is InChI=1S/C20H27N7O/c1-13-5-6-16-17(11-13)25-20(24-16)18(21)19(22)23-12-14(2)26-7-4-8-27(10-9-26)15(3)28/h5-6,11-12,22,24-25H,2,4,7-10,21H2,1,3H3. The largest absolute Gasteiger partial charge is 0.393 e. The summed E-state index contributed by atoms with van der Waals surface area (Å²) in [5, 5.41) is 14.5. The van der Waals surface area contributed by atoms with Gasteiger partial charge in [0.15, 0.2) is 5.84 Å². The number of nitrogens with two attached hydrogens (primary N) is 1. The highest BCUT2D eigenvalue weighted by molar-refractivity contribution is 6.03. The van der Waals surface area contributed by atoms with E-state index in [4.69, 9.17) is 11.1 Å². The van der Waals surface area contributed by atoms with Gasteiger partial charge in [-0.3, -0.25) is 10.2 Å². The second-order valence-corrected chi connectivity index (χ2v) is 7.03. The molecule has 1 aromatic carbocycles. The number of hydrogen-bond donors (Lipinski definition) is 4. The van der Waals surface area contributed by atoms with Gasteiger partial charge in [0.1, 0.15) is 11.5 Å². The van der Waals surface area contributed by atoms with Crippen LogP contribution in [0.15, 0.2) is 47.0 Å². The lowest BCUT2D eigenvalue weighted by Crippen LogP contribution is -2.33. The molecule has 1 fully saturated rings. The highest BCUT2D eigenvalue weighted by Crippen LogP contribution is 2.31. The van der Waals surface area contributed by atoms with E-state index in [0.29, 0.717) is 24.6 Å². The molecule has 1 aromatic rings. The van der Waals surface area contributed by atoms with Crippen LogP contribution in [0.3, 0.4) is 0 Å². The Hall–Kier alpha value is -3.29. The minimum atomic E-state index is -0.0409. The summed E-state index contributed by atoms with van der Waals surface area (Å²) < 4.78 is 0. The SMILES string of the molecule is C=C(C=NC(=N)C(N)=C1Nc2ccc(C)cc2N1)N1CCCN(C(C)=O)CC1. The Morgan fingerprint density at radius 2 is 1.89 bits per heavy atom. The van der Waals surface area contributed by atoms with Gasteiger partial charge in [-0.15, -0.1) is 0 Å². The lowest BCUT2D eigenvalue weighted by atomic mass is 10.2. The van der Waals surface area contributed by atoms with Crippen molar-refractivity contribution in [3.8, 4) is 0 Å². The van der Waals surface area contributed by atoms with E-state index in [0.717, 1.165) is 36.4 Å². The molecule has 8 nitrogen and oxygen atoms in total. The van der Waals surface area contributed by atoms with E-state index >= 15 is 0 Å². The van der Waals surface area contributed by atoms with Gasteiger partial charge in [-0.05, 0) is 31.0 Å². The second-order valence-electron chi connectivity index (χ2n) is 7.03. The van der Waals surface area contributed by atoms with E-state index < -0.39 is 0 Å². The zero-order chi connectivity index (χ0) is 20.3. The van der Waals surface area contributed by atoms with E-state index in [1.54, 1.807) is 13.1 Å². The predicted molar refractivity (Wildman–Crippen MR) is 113 cm³/mol. The number of nitrogens with one attached hydrogen (secondary N) is 3. The number of nitrogens with zero attached hydrogens (tertiary/aromatic N) is 3. The van der Waals surface area contributed by atoms with Gasteiger partial charge in [-0.2, -0.15) is 0 Å². The Morgan fingerprint density at radius 3 is 2.64 bits per heavy atom. The molecule has 5 N–H and O–H groups in total. The van der Waals surface area contributed by atoms with Crippen LogP contribution in [0, 0.1) is 12.3 Å². The highest BCUT2D eigenvalue weighted by Gasteiger charge is 2.19. The Morgan fingerprint density at radius 1 is 1.21 bits per heavy atom. The number of amides is 1. The number of hydrogen-bond acceptors (Lipinski definition) is 6. The normalized spacial score (nSPS) is 18.2. The number of anilines is 2. The lowest BCUT2D eigenvalue weighted by Gasteiger charge is -2.23. The fourth-order valence-electron chi connectivity index (χ4n) is 3.23. The molecule has 3 rings (SSSR count). The molecule has 2 aliphatic rings. The molecule has 0 bridgehead atoms. The molecule has 148 valence electrons. The third-order valence-corrected chi connectivity index (χ3v) is 4.91. The minimum absolute atomic E-state index is 0.0409. The van der Waals surface area contributed by atoms with Crippen molar-refractivity contribution in [3.63, 3.8) is 0 Å². The summed E-state index contributed by atoms with van der Waals surface area (Å²) in [4.78, 5) is 19.6. The van der Waals surface area contributed by atoms with Crippen molar-refractivity contribution < 1.29 is 4.79 Å². The molecule has 0 aliphatic carbocycles. The highest BCUT2D eigenvalue weighted by atomic mass is 16.2. The zero-order valence-electron chi connectivity index (χ0n) is 16.4. The van der Waals surface area contributed by atoms with Crippen LogP contribution in [0.4, 0.5) is 11.4 Å². The van der Waals surface area contributed by atoms with Crippen molar-refractivity contribution >= 4 is 29.3 Å². The predicted octanol–water partition coefficient (Wildman–Crippen LogP) is 2.08. The monoisotopic (exact) mass is 381 g/mol. The van der Waals surface area contributed by atoms with Gasteiger partial charge < -0.3 is 26.2 Å². The summed E-state index contributed by atoms with van der Waals surface area (Å²) in [5.41, 5.74) is 10.0. The van der Waals surface area contributed by atoms with E-state index in [1.807, 2.05) is 30.0 Å². The molecule has 2 heterocycles. The molecule has 0 radical (unpaired) electrons. The van der Waals surface area contributed by atoms with Crippen molar-refractivity contribution in [3.05, 3.63) is 47.6 Å². The average molecular weight is 381 g/mol. The zero-order valence-corrected chi connectivity index (χ0v) is 16.4. The number of aliphatic imine (C=N–C) groups is 1. The van der Waals surface area contributed by atoms with Crippen LogP contribution >= 0.6 is 0 Å². The Balaban J connectivity index is 1.62. The molecule has 2 aliphatic heterocycles. The van der Waals surface area contributed by atoms with Crippen LogP contribution < -0.4 is 16.4 Å². The topological polar surface area (TPSA) is 110 Å². The summed E-state index contributed by atoms with van der Waals surface area (Å²) in [6, 6.07) is 5.99. The Bertz CT molecular complexity index is 871. The number of fused-ring (bicyclic) bond motifs is 1. The molecular formula is C20H27N7O. The number of rotatable bonds is 3. The van der Waals surface area contributed by atoms with E-state index in [2.05, 4.69) is 27.1 Å². The molecule has 28 heavy (non-hydrogen) atoms. The first-order valence-corrected chi connectivity index (χ1v) is 9.32. The molecule has 0 unspecified atom stereocenters. The third-order valence-electron chi connectivity index (χ3n) is 4.91. The number of amidine groups is 1. The average Bonchev–Trinajstić information content (AvgIpc) is 2.91. The van der Waals surface area contributed by atoms with E-state index in [9.17, 15) is 4.79 Å². The maximum Gasteiger partial charge on any atom is 0.219 e. The summed E-state index contributed by atoms with van der Waals surface area (Å²) in [6.07, 6.45) is 2.44. The summed E-state index contributed by atoms with van der Waals surface area (Å²) in [6.45, 7) is 10.6. The number of carbonyl (C=O) groups is 1. The molecule has 0 spiro atoms. The first kappa shape index (κ1) is 19.5. The van der Waals surface area contributed by atoms with Crippen LogP contribution in [-0.2, 0) is 4.79 Å². The van der Waals surface area contributed by atoms with Gasteiger partial charge in [0, 0.05) is 38.8 Å². The molecule has 0 saturated carbocycles. The van der Waals surface area contributed by atoms with Crippen molar-refractivity contribution in [2.75, 3.05) is 36.8 Å². The first-order valence-electron chi connectivity index (χ1n) is 9.32. The van der Waals surface area contributed by atoms with Gasteiger partial charge in [0.2, 0.25) is 5.91 Å². The minimum Gasteiger partial charge on any atom is -0.393 e. The Kier molecular flexibility index (Phi) is 5.67. The lowest BCUT2D eigenvalue weighted by molar-refractivity contribution is -0.128. The van der Waals surface area contributed by atoms with Crippen molar-refractivity contribution in [2.45, 2.75) is 20.3 Å². The first-order chi connectivity index (χ1) is 13.3. The molecule has 0 atom stereocenters. The quantitative estimate of drug-likeness (QED) is 0.473. The van der Waals surface area contributed by atoms with Crippen LogP contribution in [-0.4, -0.2) is 53.9 Å². The van der Waals surface area contributed by atoms with Crippen molar-refractivity contribution in [1.29, 1.82) is 5.41 Å². The second kappa shape index (κ2) is 8.16. The Labute approximate surface area is 165 Å². The number of aryl methyl sites for hydroxylation is 1. The van der Waals surface area contributed by atoms with Gasteiger partial charge >= 0.3 is 0 Å². The van der Waals surface area contributed by atoms with Crippen molar-refractivity contribution in [2.24, 2.45) is 10.7 Å². The fourth-order valence-corrected chi connectivity index (χ4v) is 3.23. The van der Waals surface area contributed by atoms with Crippen molar-refractivity contribution in [1.82, 2.24) is 9.80 Å². The van der Waals surface area contributed by atoms with Gasteiger partial charge in [-0.1, -0.05) is 12.6 Å². The maximum absolute atomic E-state index is 11.5. The molecule has 8 heteroatoms. The number of allylic oxidation sites excluding steroid dienone is 1. The van der Waals surface area contributed by atoms with E-state index in [1.165, 1.54) is 0 Å². The van der Waals surface area contributed by atoms with Crippen LogP contribution in [0.1, 0.15) is 18.9 Å². The molecule has 1 saturated heterocycles. The van der Waals surface area contributed by atoms with Crippen LogP contribution in [0.5, 0.6) is 0 Å². The number of benzene rings is 1.